The molecule has 0 bridgehead atoms. The number of benzene rings is 2. The Bertz CT molecular complexity index is 730. The van der Waals surface area contributed by atoms with E-state index in [0.717, 1.165) is 24.2 Å². The van der Waals surface area contributed by atoms with Crippen LogP contribution < -0.4 is 14.8 Å². The van der Waals surface area contributed by atoms with Crippen molar-refractivity contribution >= 4 is 11.9 Å². The van der Waals surface area contributed by atoms with Crippen LogP contribution in [0.4, 0.5) is 0 Å². The number of carbonyl (C=O) groups is 2. The third-order valence-corrected chi connectivity index (χ3v) is 3.97. The van der Waals surface area contributed by atoms with Gasteiger partial charge in [-0.05, 0) is 43.2 Å². The molecular formula is C22H27NO5. The summed E-state index contributed by atoms with van der Waals surface area (Å²) in [5.41, 5.74) is 1.03. The van der Waals surface area contributed by atoms with E-state index in [1.807, 2.05) is 37.3 Å². The molecule has 2 aromatic rings. The van der Waals surface area contributed by atoms with Crippen LogP contribution in [0.1, 0.15) is 38.3 Å². The Hall–Kier alpha value is -3.02. The Balaban J connectivity index is 1.74. The van der Waals surface area contributed by atoms with Gasteiger partial charge in [-0.2, -0.15) is 0 Å². The second-order valence-corrected chi connectivity index (χ2v) is 6.17. The van der Waals surface area contributed by atoms with Crippen LogP contribution in [0.15, 0.2) is 54.6 Å². The molecule has 0 aromatic heterocycles. The number of esters is 1. The smallest absolute Gasteiger partial charge is 0.344 e. The van der Waals surface area contributed by atoms with E-state index in [9.17, 15) is 9.59 Å². The van der Waals surface area contributed by atoms with Crippen LogP contribution in [0.2, 0.25) is 0 Å². The van der Waals surface area contributed by atoms with Crippen molar-refractivity contribution in [3.63, 3.8) is 0 Å². The summed E-state index contributed by atoms with van der Waals surface area (Å²) in [6, 6.07) is 16.6. The Morgan fingerprint density at radius 3 is 2.14 bits per heavy atom. The molecule has 6 nitrogen and oxygen atoms in total. The predicted molar refractivity (Wildman–Crippen MR) is 106 cm³/mol. The Morgan fingerprint density at radius 1 is 0.893 bits per heavy atom. The second-order valence-electron chi connectivity index (χ2n) is 6.17. The molecule has 1 atom stereocenters. The van der Waals surface area contributed by atoms with Gasteiger partial charge in [0.2, 0.25) is 0 Å². The van der Waals surface area contributed by atoms with E-state index < -0.39 is 5.97 Å². The van der Waals surface area contributed by atoms with Gasteiger partial charge < -0.3 is 19.5 Å². The van der Waals surface area contributed by atoms with E-state index in [4.69, 9.17) is 14.2 Å². The minimum Gasteiger partial charge on any atom is -0.494 e. The number of carbonyl (C=O) groups excluding carboxylic acids is 2. The second kappa shape index (κ2) is 11.6. The molecule has 150 valence electrons. The van der Waals surface area contributed by atoms with Gasteiger partial charge in [0.25, 0.3) is 5.91 Å². The predicted octanol–water partition coefficient (Wildman–Crippen LogP) is 3.66. The summed E-state index contributed by atoms with van der Waals surface area (Å²) >= 11 is 0. The van der Waals surface area contributed by atoms with Crippen LogP contribution in [0, 0.1) is 0 Å². The highest BCUT2D eigenvalue weighted by atomic mass is 16.6. The first kappa shape index (κ1) is 21.3. The summed E-state index contributed by atoms with van der Waals surface area (Å²) < 4.78 is 15.7. The van der Waals surface area contributed by atoms with E-state index in [2.05, 4.69) is 12.2 Å². The highest BCUT2D eigenvalue weighted by Crippen LogP contribution is 2.18. The van der Waals surface area contributed by atoms with E-state index >= 15 is 0 Å². The summed E-state index contributed by atoms with van der Waals surface area (Å²) in [5, 5.41) is 2.91. The molecule has 2 aromatic carbocycles. The van der Waals surface area contributed by atoms with Gasteiger partial charge in [0.15, 0.2) is 13.2 Å². The maximum absolute atomic E-state index is 12.1. The topological polar surface area (TPSA) is 73.9 Å². The molecular weight excluding hydrogens is 358 g/mol. The highest BCUT2D eigenvalue weighted by Gasteiger charge is 2.15. The quantitative estimate of drug-likeness (QED) is 0.598. The highest BCUT2D eigenvalue weighted by molar-refractivity contribution is 5.81. The summed E-state index contributed by atoms with van der Waals surface area (Å²) in [6.07, 6.45) is 1.74. The lowest BCUT2D eigenvalue weighted by Crippen LogP contribution is -2.33. The fraction of sp³-hybridized carbons (Fsp3) is 0.364. The molecule has 0 heterocycles. The summed E-state index contributed by atoms with van der Waals surface area (Å²) in [7, 11) is 0. The Kier molecular flexibility index (Phi) is 8.85. The Morgan fingerprint density at radius 2 is 1.54 bits per heavy atom. The normalized spacial score (nSPS) is 11.4. The maximum atomic E-state index is 12.1. The van der Waals surface area contributed by atoms with Gasteiger partial charge in [0.05, 0.1) is 12.6 Å². The summed E-state index contributed by atoms with van der Waals surface area (Å²) in [5.74, 6) is 0.318. The Labute approximate surface area is 165 Å². The monoisotopic (exact) mass is 385 g/mol. The molecule has 0 unspecified atom stereocenters. The van der Waals surface area contributed by atoms with Gasteiger partial charge in [-0.25, -0.2) is 4.79 Å². The van der Waals surface area contributed by atoms with Crippen LogP contribution in [-0.4, -0.2) is 31.7 Å². The fourth-order valence-electron chi connectivity index (χ4n) is 2.66. The third kappa shape index (κ3) is 7.31. The lowest BCUT2D eigenvalue weighted by atomic mass is 10.0. The van der Waals surface area contributed by atoms with Gasteiger partial charge in [0, 0.05) is 0 Å². The van der Waals surface area contributed by atoms with Crippen molar-refractivity contribution in [1.82, 2.24) is 5.32 Å². The SMILES string of the molecule is CCC[C@H](NC(=O)COC(=O)COc1ccc(OCC)cc1)c1ccccc1. The number of hydrogen-bond acceptors (Lipinski definition) is 5. The standard InChI is InChI=1S/C22H27NO5/c1-3-8-20(17-9-6-5-7-10-17)23-21(24)15-28-22(25)16-27-19-13-11-18(12-14-19)26-4-2/h5-7,9-14,20H,3-4,8,15-16H2,1-2H3,(H,23,24)/t20-/m0/s1. The number of amides is 1. The number of hydrogen-bond donors (Lipinski definition) is 1. The number of ether oxygens (including phenoxy) is 3. The zero-order chi connectivity index (χ0) is 20.2. The first-order valence-corrected chi connectivity index (χ1v) is 9.48. The molecule has 0 radical (unpaired) electrons. The molecule has 0 saturated carbocycles. The van der Waals surface area contributed by atoms with E-state index in [1.54, 1.807) is 24.3 Å². The van der Waals surface area contributed by atoms with E-state index in [1.165, 1.54) is 0 Å². The molecule has 28 heavy (non-hydrogen) atoms. The minimum absolute atomic E-state index is 0.0995. The lowest BCUT2D eigenvalue weighted by molar-refractivity contribution is -0.150. The van der Waals surface area contributed by atoms with Gasteiger partial charge in [-0.15, -0.1) is 0 Å². The van der Waals surface area contributed by atoms with Crippen molar-refractivity contribution < 1.29 is 23.8 Å². The van der Waals surface area contributed by atoms with Crippen LogP contribution >= 0.6 is 0 Å². The largest absolute Gasteiger partial charge is 0.494 e. The zero-order valence-electron chi connectivity index (χ0n) is 16.4. The van der Waals surface area contributed by atoms with Gasteiger partial charge in [-0.1, -0.05) is 43.7 Å². The molecule has 0 aliphatic heterocycles. The van der Waals surface area contributed by atoms with Gasteiger partial charge >= 0.3 is 5.97 Å². The molecule has 0 aliphatic carbocycles. The van der Waals surface area contributed by atoms with Crippen molar-refractivity contribution in [1.29, 1.82) is 0 Å². The summed E-state index contributed by atoms with van der Waals surface area (Å²) in [4.78, 5) is 24.0. The van der Waals surface area contributed by atoms with Crippen LogP contribution in [0.5, 0.6) is 11.5 Å². The summed E-state index contributed by atoms with van der Waals surface area (Å²) in [6.45, 7) is 3.94. The molecule has 0 fully saturated rings. The first-order valence-electron chi connectivity index (χ1n) is 9.48. The van der Waals surface area contributed by atoms with Crippen LogP contribution in [-0.2, 0) is 14.3 Å². The lowest BCUT2D eigenvalue weighted by Gasteiger charge is -2.18. The van der Waals surface area contributed by atoms with E-state index in [-0.39, 0.29) is 25.2 Å². The molecule has 6 heteroatoms. The van der Waals surface area contributed by atoms with Crippen molar-refractivity contribution in [2.75, 3.05) is 19.8 Å². The van der Waals surface area contributed by atoms with Gasteiger partial charge in [0.1, 0.15) is 11.5 Å². The van der Waals surface area contributed by atoms with Crippen molar-refractivity contribution in [2.45, 2.75) is 32.7 Å². The average Bonchev–Trinajstić information content (AvgIpc) is 2.72. The number of nitrogens with one attached hydrogen (secondary N) is 1. The van der Waals surface area contributed by atoms with Gasteiger partial charge in [-0.3, -0.25) is 4.79 Å². The molecule has 1 amide bonds. The molecule has 2 rings (SSSR count). The fourth-order valence-corrected chi connectivity index (χ4v) is 2.66. The number of rotatable bonds is 11. The van der Waals surface area contributed by atoms with Crippen LogP contribution in [0.25, 0.3) is 0 Å². The van der Waals surface area contributed by atoms with Crippen molar-refractivity contribution in [3.05, 3.63) is 60.2 Å². The molecule has 1 N–H and O–H groups in total. The third-order valence-electron chi connectivity index (χ3n) is 3.97. The molecule has 0 spiro atoms. The first-order chi connectivity index (χ1) is 13.6. The van der Waals surface area contributed by atoms with Crippen molar-refractivity contribution in [3.8, 4) is 11.5 Å². The van der Waals surface area contributed by atoms with Crippen molar-refractivity contribution in [2.24, 2.45) is 0 Å². The zero-order valence-corrected chi connectivity index (χ0v) is 16.4. The van der Waals surface area contributed by atoms with Crippen LogP contribution in [0.3, 0.4) is 0 Å². The minimum atomic E-state index is -0.601. The maximum Gasteiger partial charge on any atom is 0.344 e. The molecule has 0 aliphatic rings. The van der Waals surface area contributed by atoms with E-state index in [0.29, 0.717) is 12.4 Å². The molecule has 0 saturated heterocycles. The average molecular weight is 385 g/mol.